The molecule has 2 aliphatic rings. The van der Waals surface area contributed by atoms with Gasteiger partial charge in [0.15, 0.2) is 17.3 Å². The highest BCUT2D eigenvalue weighted by Gasteiger charge is 2.22. The molecule has 0 bridgehead atoms. The van der Waals surface area contributed by atoms with Gasteiger partial charge in [0.2, 0.25) is 5.91 Å². The molecule has 166 valence electrons. The largest absolute Gasteiger partial charge is 0.486 e. The Bertz CT molecular complexity index is 1220. The van der Waals surface area contributed by atoms with Crippen LogP contribution in [0.25, 0.3) is 10.8 Å². The number of anilines is 2. The number of amides is 1. The lowest BCUT2D eigenvalue weighted by atomic mass is 10.00. The van der Waals surface area contributed by atoms with Crippen LogP contribution >= 0.6 is 0 Å². The molecule has 0 spiro atoms. The Balaban J connectivity index is 1.43. The molecule has 8 nitrogen and oxygen atoms in total. The highest BCUT2D eigenvalue weighted by Crippen LogP contribution is 2.32. The third-order valence-corrected chi connectivity index (χ3v) is 5.92. The molecule has 5 rings (SSSR count). The van der Waals surface area contributed by atoms with Gasteiger partial charge in [-0.3, -0.25) is 9.59 Å². The Morgan fingerprint density at radius 1 is 1.12 bits per heavy atom. The first kappa shape index (κ1) is 20.4. The zero-order valence-corrected chi connectivity index (χ0v) is 18.0. The molecule has 3 aromatic rings. The molecule has 0 saturated carbocycles. The third kappa shape index (κ3) is 4.00. The summed E-state index contributed by atoms with van der Waals surface area (Å²) in [5, 5.41) is 8.87. The quantitative estimate of drug-likeness (QED) is 0.679. The summed E-state index contributed by atoms with van der Waals surface area (Å²) in [6.45, 7) is 4.81. The van der Waals surface area contributed by atoms with E-state index in [-0.39, 0.29) is 18.0 Å². The number of benzene rings is 2. The average Bonchev–Trinajstić information content (AvgIpc) is 2.81. The lowest BCUT2D eigenvalue weighted by Crippen LogP contribution is -2.38. The number of nitrogens with zero attached hydrogens (tertiary/aromatic N) is 3. The predicted molar refractivity (Wildman–Crippen MR) is 123 cm³/mol. The first-order valence-corrected chi connectivity index (χ1v) is 11.0. The summed E-state index contributed by atoms with van der Waals surface area (Å²) in [5.74, 6) is 2.24. The van der Waals surface area contributed by atoms with Crippen molar-refractivity contribution < 1.29 is 14.3 Å². The highest BCUT2D eigenvalue weighted by atomic mass is 16.6. The van der Waals surface area contributed by atoms with Gasteiger partial charge in [-0.05, 0) is 37.0 Å². The minimum absolute atomic E-state index is 0.172. The summed E-state index contributed by atoms with van der Waals surface area (Å²) < 4.78 is 12.4. The number of carbonyl (C=O) groups is 1. The lowest BCUT2D eigenvalue weighted by Gasteiger charge is -2.32. The normalized spacial score (nSPS) is 17.9. The summed E-state index contributed by atoms with van der Waals surface area (Å²) in [7, 11) is 0. The van der Waals surface area contributed by atoms with Crippen LogP contribution in [-0.2, 0) is 11.3 Å². The average molecular weight is 434 g/mol. The molecule has 1 aromatic heterocycles. The van der Waals surface area contributed by atoms with Gasteiger partial charge < -0.3 is 19.7 Å². The number of rotatable bonds is 4. The van der Waals surface area contributed by atoms with Crippen LogP contribution in [0, 0.1) is 5.92 Å². The molecule has 1 fully saturated rings. The third-order valence-electron chi connectivity index (χ3n) is 5.92. The second kappa shape index (κ2) is 8.53. The van der Waals surface area contributed by atoms with Crippen LogP contribution in [-0.4, -0.2) is 42.0 Å². The molecule has 2 aliphatic heterocycles. The fourth-order valence-corrected chi connectivity index (χ4v) is 4.40. The lowest BCUT2D eigenvalue weighted by molar-refractivity contribution is -0.117. The van der Waals surface area contributed by atoms with Crippen molar-refractivity contribution >= 4 is 28.2 Å². The van der Waals surface area contributed by atoms with Crippen molar-refractivity contribution in [2.45, 2.75) is 26.3 Å². The van der Waals surface area contributed by atoms with Gasteiger partial charge in [-0.2, -0.15) is 5.10 Å². The van der Waals surface area contributed by atoms with Crippen molar-refractivity contribution in [1.29, 1.82) is 0 Å². The molecule has 3 heterocycles. The van der Waals surface area contributed by atoms with E-state index in [2.05, 4.69) is 22.2 Å². The van der Waals surface area contributed by atoms with Gasteiger partial charge in [-0.1, -0.05) is 25.1 Å². The summed E-state index contributed by atoms with van der Waals surface area (Å²) in [4.78, 5) is 28.1. The van der Waals surface area contributed by atoms with Crippen LogP contribution in [0.15, 0.2) is 47.3 Å². The summed E-state index contributed by atoms with van der Waals surface area (Å²) in [5.41, 5.74) is 0.310. The van der Waals surface area contributed by atoms with E-state index in [1.807, 2.05) is 18.2 Å². The summed E-state index contributed by atoms with van der Waals surface area (Å²) in [6, 6.07) is 12.7. The van der Waals surface area contributed by atoms with Gasteiger partial charge in [-0.25, -0.2) is 4.68 Å². The molecule has 1 amide bonds. The molecule has 1 unspecified atom stereocenters. The molecule has 32 heavy (non-hydrogen) atoms. The van der Waals surface area contributed by atoms with Crippen molar-refractivity contribution in [1.82, 2.24) is 9.78 Å². The van der Waals surface area contributed by atoms with Crippen molar-refractivity contribution in [2.75, 3.05) is 36.5 Å². The zero-order chi connectivity index (χ0) is 22.1. The Morgan fingerprint density at radius 3 is 2.72 bits per heavy atom. The van der Waals surface area contributed by atoms with Crippen molar-refractivity contribution in [3.8, 4) is 11.5 Å². The SMILES string of the molecule is CC1CCCN(c2nn(CC(=O)Nc3ccc4c(c3)OCCO4)c(=O)c3ccccc23)C1. The number of piperidine rings is 1. The smallest absolute Gasteiger partial charge is 0.275 e. The van der Waals surface area contributed by atoms with E-state index < -0.39 is 0 Å². The maximum Gasteiger partial charge on any atom is 0.275 e. The fourth-order valence-electron chi connectivity index (χ4n) is 4.40. The van der Waals surface area contributed by atoms with Gasteiger partial charge in [0.05, 0.1) is 5.39 Å². The molecule has 1 atom stereocenters. The number of aromatic nitrogens is 2. The van der Waals surface area contributed by atoms with Crippen LogP contribution in [0.3, 0.4) is 0 Å². The first-order chi connectivity index (χ1) is 15.6. The topological polar surface area (TPSA) is 85.7 Å². The van der Waals surface area contributed by atoms with Crippen LogP contribution in [0.5, 0.6) is 11.5 Å². The minimum Gasteiger partial charge on any atom is -0.486 e. The number of hydrogen-bond donors (Lipinski definition) is 1. The molecular formula is C24H26N4O4. The number of hydrogen-bond acceptors (Lipinski definition) is 6. The van der Waals surface area contributed by atoms with E-state index in [4.69, 9.17) is 9.47 Å². The molecule has 2 aromatic carbocycles. The molecule has 1 saturated heterocycles. The van der Waals surface area contributed by atoms with E-state index in [0.717, 1.165) is 30.7 Å². The number of fused-ring (bicyclic) bond motifs is 2. The molecule has 0 aliphatic carbocycles. The van der Waals surface area contributed by atoms with Crippen molar-refractivity contribution in [2.24, 2.45) is 5.92 Å². The zero-order valence-electron chi connectivity index (χ0n) is 18.0. The first-order valence-electron chi connectivity index (χ1n) is 11.0. The Labute approximate surface area is 185 Å². The Morgan fingerprint density at radius 2 is 1.91 bits per heavy atom. The van der Waals surface area contributed by atoms with E-state index in [0.29, 0.717) is 41.7 Å². The predicted octanol–water partition coefficient (Wildman–Crippen LogP) is 3.04. The maximum atomic E-state index is 13.1. The molecule has 0 radical (unpaired) electrons. The maximum absolute atomic E-state index is 13.1. The van der Waals surface area contributed by atoms with Gasteiger partial charge >= 0.3 is 0 Å². The van der Waals surface area contributed by atoms with Gasteiger partial charge in [0.25, 0.3) is 5.56 Å². The Kier molecular flexibility index (Phi) is 5.43. The van der Waals surface area contributed by atoms with Crippen LogP contribution in [0.2, 0.25) is 0 Å². The van der Waals surface area contributed by atoms with E-state index in [1.54, 1.807) is 24.3 Å². The molecule has 1 N–H and O–H groups in total. The van der Waals surface area contributed by atoms with Crippen molar-refractivity contribution in [3.63, 3.8) is 0 Å². The van der Waals surface area contributed by atoms with Crippen LogP contribution in [0.4, 0.5) is 11.5 Å². The van der Waals surface area contributed by atoms with Gasteiger partial charge in [0, 0.05) is 30.2 Å². The monoisotopic (exact) mass is 434 g/mol. The standard InChI is InChI=1S/C24H26N4O4/c1-16-5-4-10-27(14-16)23-18-6-2-3-7-19(18)24(30)28(26-23)15-22(29)25-17-8-9-20-21(13-17)32-12-11-31-20/h2-3,6-9,13,16H,4-5,10-12,14-15H2,1H3,(H,25,29). The van der Waals surface area contributed by atoms with Crippen molar-refractivity contribution in [3.05, 3.63) is 52.8 Å². The van der Waals surface area contributed by atoms with Gasteiger partial charge in [-0.15, -0.1) is 0 Å². The van der Waals surface area contributed by atoms with Crippen LogP contribution in [0.1, 0.15) is 19.8 Å². The van der Waals surface area contributed by atoms with Crippen LogP contribution < -0.4 is 25.2 Å². The second-order valence-electron chi connectivity index (χ2n) is 8.43. The van der Waals surface area contributed by atoms with E-state index in [9.17, 15) is 9.59 Å². The highest BCUT2D eigenvalue weighted by molar-refractivity contribution is 5.93. The van der Waals surface area contributed by atoms with E-state index in [1.165, 1.54) is 11.1 Å². The molecular weight excluding hydrogens is 408 g/mol. The number of nitrogens with one attached hydrogen (secondary N) is 1. The fraction of sp³-hybridized carbons (Fsp3) is 0.375. The second-order valence-corrected chi connectivity index (χ2v) is 8.43. The minimum atomic E-state index is -0.329. The summed E-state index contributed by atoms with van der Waals surface area (Å²) >= 11 is 0. The number of carbonyl (C=O) groups excluding carboxylic acids is 1. The Hall–Kier alpha value is -3.55. The summed E-state index contributed by atoms with van der Waals surface area (Å²) in [6.07, 6.45) is 2.27. The van der Waals surface area contributed by atoms with Gasteiger partial charge in [0.1, 0.15) is 19.8 Å². The van der Waals surface area contributed by atoms with E-state index >= 15 is 0 Å². The number of ether oxygens (including phenoxy) is 2. The molecule has 8 heteroatoms.